The van der Waals surface area contributed by atoms with Crippen LogP contribution in [-0.2, 0) is 6.61 Å². The molecular weight excluding hydrogens is 446 g/mol. The molecule has 0 aliphatic rings. The minimum Gasteiger partial charge on any atom is -0.489 e. The maximum Gasteiger partial charge on any atom is 0.288 e. The van der Waals surface area contributed by atoms with Crippen LogP contribution in [0, 0.1) is 0 Å². The number of hydrazone groups is 1. The standard InChI is InChI=1S/C31H25N3O2/c35-31(34-32-21-23-16-18-27(19-17-23)36-22-24-10-4-1-5-11-24)30-28(25-12-6-2-7-13-25)20-29(33-30)26-14-8-3-9-15-26/h1-21,33H,22H2,(H,34,35)/b32-21-. The summed E-state index contributed by atoms with van der Waals surface area (Å²) in [7, 11) is 0. The Kier molecular flexibility index (Phi) is 7.00. The van der Waals surface area contributed by atoms with Crippen molar-refractivity contribution in [1.29, 1.82) is 0 Å². The van der Waals surface area contributed by atoms with Gasteiger partial charge in [0, 0.05) is 11.3 Å². The molecule has 5 heteroatoms. The Bertz CT molecular complexity index is 1440. The van der Waals surface area contributed by atoms with Crippen LogP contribution in [-0.4, -0.2) is 17.1 Å². The van der Waals surface area contributed by atoms with Crippen molar-refractivity contribution in [3.05, 3.63) is 138 Å². The molecule has 0 aliphatic heterocycles. The van der Waals surface area contributed by atoms with Crippen LogP contribution in [0.4, 0.5) is 0 Å². The van der Waals surface area contributed by atoms with Gasteiger partial charge in [-0.3, -0.25) is 4.79 Å². The van der Waals surface area contributed by atoms with Gasteiger partial charge in [0.1, 0.15) is 18.1 Å². The highest BCUT2D eigenvalue weighted by Gasteiger charge is 2.17. The van der Waals surface area contributed by atoms with Gasteiger partial charge >= 0.3 is 0 Å². The van der Waals surface area contributed by atoms with Gasteiger partial charge in [-0.05, 0) is 52.6 Å². The maximum absolute atomic E-state index is 13.1. The Morgan fingerprint density at radius 3 is 2.06 bits per heavy atom. The van der Waals surface area contributed by atoms with Crippen molar-refractivity contribution in [2.45, 2.75) is 6.61 Å². The highest BCUT2D eigenvalue weighted by molar-refractivity contribution is 6.01. The van der Waals surface area contributed by atoms with E-state index >= 15 is 0 Å². The third kappa shape index (κ3) is 5.59. The zero-order chi connectivity index (χ0) is 24.6. The first-order valence-electron chi connectivity index (χ1n) is 11.7. The molecule has 5 aromatic rings. The Labute approximate surface area is 210 Å². The lowest BCUT2D eigenvalue weighted by atomic mass is 10.0. The number of carbonyl (C=O) groups is 1. The number of H-pyrrole nitrogens is 1. The van der Waals surface area contributed by atoms with Crippen molar-refractivity contribution in [2.75, 3.05) is 0 Å². The van der Waals surface area contributed by atoms with Gasteiger partial charge in [-0.2, -0.15) is 5.10 Å². The maximum atomic E-state index is 13.1. The van der Waals surface area contributed by atoms with Gasteiger partial charge in [0.15, 0.2) is 0 Å². The summed E-state index contributed by atoms with van der Waals surface area (Å²) >= 11 is 0. The molecule has 5 rings (SSSR count). The Morgan fingerprint density at radius 1 is 0.778 bits per heavy atom. The van der Waals surface area contributed by atoms with Crippen molar-refractivity contribution >= 4 is 12.1 Å². The third-order valence-corrected chi connectivity index (χ3v) is 5.72. The second-order valence-corrected chi connectivity index (χ2v) is 8.25. The number of amides is 1. The van der Waals surface area contributed by atoms with Crippen molar-refractivity contribution in [3.63, 3.8) is 0 Å². The van der Waals surface area contributed by atoms with E-state index in [0.29, 0.717) is 12.3 Å². The van der Waals surface area contributed by atoms with Gasteiger partial charge in [-0.15, -0.1) is 0 Å². The Balaban J connectivity index is 1.27. The quantitative estimate of drug-likeness (QED) is 0.196. The minimum atomic E-state index is -0.310. The summed E-state index contributed by atoms with van der Waals surface area (Å²) in [5, 5.41) is 4.17. The van der Waals surface area contributed by atoms with Crippen LogP contribution in [0.25, 0.3) is 22.4 Å². The lowest BCUT2D eigenvalue weighted by Gasteiger charge is -2.06. The van der Waals surface area contributed by atoms with Crippen molar-refractivity contribution in [2.24, 2.45) is 5.10 Å². The molecule has 1 heterocycles. The third-order valence-electron chi connectivity index (χ3n) is 5.72. The highest BCUT2D eigenvalue weighted by Crippen LogP contribution is 2.29. The van der Waals surface area contributed by atoms with E-state index in [4.69, 9.17) is 4.74 Å². The number of aromatic nitrogens is 1. The summed E-state index contributed by atoms with van der Waals surface area (Å²) in [5.41, 5.74) is 8.72. The van der Waals surface area contributed by atoms with Gasteiger partial charge < -0.3 is 9.72 Å². The molecule has 5 nitrogen and oxygen atoms in total. The summed E-state index contributed by atoms with van der Waals surface area (Å²) in [6, 6.07) is 39.3. The summed E-state index contributed by atoms with van der Waals surface area (Å²) in [4.78, 5) is 16.3. The van der Waals surface area contributed by atoms with E-state index in [2.05, 4.69) is 15.5 Å². The van der Waals surface area contributed by atoms with E-state index in [9.17, 15) is 4.79 Å². The van der Waals surface area contributed by atoms with Gasteiger partial charge in [-0.1, -0.05) is 91.0 Å². The topological polar surface area (TPSA) is 66.5 Å². The molecule has 176 valence electrons. The van der Waals surface area contributed by atoms with Gasteiger partial charge in [0.2, 0.25) is 0 Å². The van der Waals surface area contributed by atoms with Gasteiger partial charge in [0.25, 0.3) is 5.91 Å². The predicted octanol–water partition coefficient (Wildman–Crippen LogP) is 6.69. The number of hydrogen-bond donors (Lipinski definition) is 2. The number of carbonyl (C=O) groups excluding carboxylic acids is 1. The fraction of sp³-hybridized carbons (Fsp3) is 0.0323. The molecule has 0 atom stereocenters. The molecule has 0 unspecified atom stereocenters. The van der Waals surface area contributed by atoms with E-state index in [1.165, 1.54) is 0 Å². The first kappa shape index (κ1) is 22.9. The number of ether oxygens (including phenoxy) is 1. The lowest BCUT2D eigenvalue weighted by molar-refractivity contribution is 0.0951. The van der Waals surface area contributed by atoms with Crippen molar-refractivity contribution in [1.82, 2.24) is 10.4 Å². The SMILES string of the molecule is O=C(N/N=C\c1ccc(OCc2ccccc2)cc1)c1[nH]c(-c2ccccc2)cc1-c1ccccc1. The van der Waals surface area contributed by atoms with Crippen LogP contribution >= 0.6 is 0 Å². The van der Waals surface area contributed by atoms with Crippen LogP contribution in [0.3, 0.4) is 0 Å². The number of rotatable bonds is 8. The number of hydrogen-bond acceptors (Lipinski definition) is 3. The highest BCUT2D eigenvalue weighted by atomic mass is 16.5. The van der Waals surface area contributed by atoms with Gasteiger partial charge in [-0.25, -0.2) is 5.43 Å². The first-order valence-corrected chi connectivity index (χ1v) is 11.7. The Morgan fingerprint density at radius 2 is 1.39 bits per heavy atom. The van der Waals surface area contributed by atoms with Crippen LogP contribution in [0.15, 0.2) is 126 Å². The first-order chi connectivity index (χ1) is 17.8. The largest absolute Gasteiger partial charge is 0.489 e. The second-order valence-electron chi connectivity index (χ2n) is 8.25. The molecule has 0 bridgehead atoms. The average Bonchev–Trinajstić information content (AvgIpc) is 3.40. The van der Waals surface area contributed by atoms with E-state index in [1.807, 2.05) is 121 Å². The van der Waals surface area contributed by atoms with E-state index in [0.717, 1.165) is 39.3 Å². The summed E-state index contributed by atoms with van der Waals surface area (Å²) in [6.45, 7) is 0.509. The molecule has 1 aromatic heterocycles. The smallest absolute Gasteiger partial charge is 0.288 e. The van der Waals surface area contributed by atoms with Crippen LogP contribution in [0.2, 0.25) is 0 Å². The van der Waals surface area contributed by atoms with Crippen LogP contribution in [0.1, 0.15) is 21.6 Å². The molecule has 0 saturated carbocycles. The molecular formula is C31H25N3O2. The number of aromatic amines is 1. The van der Waals surface area contributed by atoms with Gasteiger partial charge in [0.05, 0.1) is 6.21 Å². The molecule has 0 spiro atoms. The number of benzene rings is 4. The molecule has 36 heavy (non-hydrogen) atoms. The fourth-order valence-corrected chi connectivity index (χ4v) is 3.86. The second kappa shape index (κ2) is 11.0. The van der Waals surface area contributed by atoms with Crippen LogP contribution in [0.5, 0.6) is 5.75 Å². The molecule has 2 N–H and O–H groups in total. The normalized spacial score (nSPS) is 10.9. The molecule has 0 radical (unpaired) electrons. The summed E-state index contributed by atoms with van der Waals surface area (Å²) in [5.74, 6) is 0.461. The molecule has 0 aliphatic carbocycles. The minimum absolute atomic E-state index is 0.310. The predicted molar refractivity (Wildman–Crippen MR) is 144 cm³/mol. The summed E-state index contributed by atoms with van der Waals surface area (Å²) < 4.78 is 5.82. The zero-order valence-corrected chi connectivity index (χ0v) is 19.6. The van der Waals surface area contributed by atoms with E-state index in [-0.39, 0.29) is 5.91 Å². The molecule has 1 amide bonds. The molecule has 0 fully saturated rings. The Hall–Kier alpha value is -4.90. The van der Waals surface area contributed by atoms with Crippen molar-refractivity contribution < 1.29 is 9.53 Å². The zero-order valence-electron chi connectivity index (χ0n) is 19.6. The fourth-order valence-electron chi connectivity index (χ4n) is 3.86. The monoisotopic (exact) mass is 471 g/mol. The molecule has 4 aromatic carbocycles. The van der Waals surface area contributed by atoms with Crippen molar-refractivity contribution in [3.8, 4) is 28.1 Å². The number of nitrogens with one attached hydrogen (secondary N) is 2. The van der Waals surface area contributed by atoms with E-state index < -0.39 is 0 Å². The summed E-state index contributed by atoms with van der Waals surface area (Å²) in [6.07, 6.45) is 1.61. The van der Waals surface area contributed by atoms with E-state index in [1.54, 1.807) is 6.21 Å². The average molecular weight is 472 g/mol. The number of nitrogens with zero attached hydrogens (tertiary/aromatic N) is 1. The van der Waals surface area contributed by atoms with Crippen LogP contribution < -0.4 is 10.2 Å². The molecule has 0 saturated heterocycles. The lowest BCUT2D eigenvalue weighted by Crippen LogP contribution is -2.18.